The first-order valence-electron chi connectivity index (χ1n) is 7.55. The fraction of sp³-hybridized carbons (Fsp3) is 0.500. The van der Waals surface area contributed by atoms with Crippen LogP contribution in [0.5, 0.6) is 0 Å². The highest BCUT2D eigenvalue weighted by atomic mass is 35.5. The average molecular weight is 342 g/mol. The first kappa shape index (κ1) is 17.3. The Labute approximate surface area is 141 Å². The Morgan fingerprint density at radius 3 is 2.68 bits per heavy atom. The van der Waals surface area contributed by atoms with Gasteiger partial charge in [-0.2, -0.15) is 5.10 Å². The molecule has 0 bridgehead atoms. The molecular formula is C16H21Cl2N3O. The predicted octanol–water partition coefficient (Wildman–Crippen LogP) is 4.44. The summed E-state index contributed by atoms with van der Waals surface area (Å²) in [5, 5.41) is 16.3. The summed E-state index contributed by atoms with van der Waals surface area (Å²) in [6.45, 7) is 2.48. The maximum absolute atomic E-state index is 11.2. The second kappa shape index (κ2) is 7.95. The minimum Gasteiger partial charge on any atom is -0.383 e. The zero-order chi connectivity index (χ0) is 16.0. The average Bonchev–Trinajstić information content (AvgIpc) is 2.96. The fourth-order valence-electron chi connectivity index (χ4n) is 2.59. The molecule has 0 fully saturated rings. The van der Waals surface area contributed by atoms with Crippen LogP contribution in [0.15, 0.2) is 30.9 Å². The molecular weight excluding hydrogens is 321 g/mol. The van der Waals surface area contributed by atoms with E-state index in [4.69, 9.17) is 23.2 Å². The molecule has 22 heavy (non-hydrogen) atoms. The number of aromatic nitrogens is 3. The van der Waals surface area contributed by atoms with Crippen molar-refractivity contribution < 1.29 is 5.11 Å². The van der Waals surface area contributed by atoms with E-state index in [0.717, 1.165) is 25.7 Å². The third-order valence-electron chi connectivity index (χ3n) is 3.77. The largest absolute Gasteiger partial charge is 0.383 e. The molecule has 1 atom stereocenters. The molecule has 1 aromatic carbocycles. The summed E-state index contributed by atoms with van der Waals surface area (Å²) >= 11 is 12.3. The molecule has 2 aromatic rings. The van der Waals surface area contributed by atoms with Crippen LogP contribution in [0.25, 0.3) is 0 Å². The summed E-state index contributed by atoms with van der Waals surface area (Å²) in [7, 11) is 0. The molecule has 1 aromatic heterocycles. The molecule has 0 radical (unpaired) electrons. The van der Waals surface area contributed by atoms with Crippen LogP contribution in [0.3, 0.4) is 0 Å². The number of unbranched alkanes of at least 4 members (excludes halogenated alkanes) is 3. The summed E-state index contributed by atoms with van der Waals surface area (Å²) in [4.78, 5) is 3.93. The molecule has 0 aliphatic heterocycles. The molecule has 0 aliphatic carbocycles. The Morgan fingerprint density at radius 1 is 1.23 bits per heavy atom. The van der Waals surface area contributed by atoms with Gasteiger partial charge in [-0.3, -0.25) is 0 Å². The molecule has 1 N–H and O–H groups in total. The fourth-order valence-corrected chi connectivity index (χ4v) is 3.18. The number of halogens is 2. The molecule has 1 heterocycles. The number of nitrogens with zero attached hydrogens (tertiary/aromatic N) is 3. The maximum atomic E-state index is 11.2. The molecule has 0 amide bonds. The third-order valence-corrected chi connectivity index (χ3v) is 4.31. The topological polar surface area (TPSA) is 50.9 Å². The van der Waals surface area contributed by atoms with Gasteiger partial charge in [-0.25, -0.2) is 9.67 Å². The monoisotopic (exact) mass is 341 g/mol. The van der Waals surface area contributed by atoms with Gasteiger partial charge in [0, 0.05) is 15.6 Å². The first-order chi connectivity index (χ1) is 10.5. The van der Waals surface area contributed by atoms with Gasteiger partial charge in [-0.15, -0.1) is 0 Å². The van der Waals surface area contributed by atoms with Crippen molar-refractivity contribution in [2.75, 3.05) is 0 Å². The van der Waals surface area contributed by atoms with Gasteiger partial charge in [0.1, 0.15) is 18.3 Å². The van der Waals surface area contributed by atoms with Gasteiger partial charge in [0.25, 0.3) is 0 Å². The predicted molar refractivity (Wildman–Crippen MR) is 89.1 cm³/mol. The van der Waals surface area contributed by atoms with E-state index in [1.54, 1.807) is 29.2 Å². The van der Waals surface area contributed by atoms with Crippen molar-refractivity contribution in [2.45, 2.75) is 51.2 Å². The third kappa shape index (κ3) is 4.45. The summed E-state index contributed by atoms with van der Waals surface area (Å²) in [6.07, 6.45) is 8.01. The molecule has 1 unspecified atom stereocenters. The van der Waals surface area contributed by atoms with Crippen LogP contribution in [0.2, 0.25) is 10.0 Å². The number of hydrogen-bond donors (Lipinski definition) is 1. The van der Waals surface area contributed by atoms with Crippen molar-refractivity contribution in [3.8, 4) is 0 Å². The lowest BCUT2D eigenvalue weighted by atomic mass is 9.88. The highest BCUT2D eigenvalue weighted by molar-refractivity contribution is 6.35. The lowest BCUT2D eigenvalue weighted by molar-refractivity contribution is 0.00389. The van der Waals surface area contributed by atoms with Gasteiger partial charge < -0.3 is 5.11 Å². The number of aliphatic hydroxyl groups is 1. The molecule has 6 heteroatoms. The van der Waals surface area contributed by atoms with Crippen LogP contribution in [-0.2, 0) is 12.1 Å². The van der Waals surface area contributed by atoms with E-state index in [-0.39, 0.29) is 0 Å². The highest BCUT2D eigenvalue weighted by Gasteiger charge is 2.32. The molecule has 0 saturated carbocycles. The van der Waals surface area contributed by atoms with Gasteiger partial charge in [0.15, 0.2) is 0 Å². The van der Waals surface area contributed by atoms with E-state index in [1.165, 1.54) is 6.33 Å². The van der Waals surface area contributed by atoms with Crippen LogP contribution in [-0.4, -0.2) is 19.9 Å². The number of benzene rings is 1. The summed E-state index contributed by atoms with van der Waals surface area (Å²) in [6, 6.07) is 5.21. The van der Waals surface area contributed by atoms with Gasteiger partial charge in [0.2, 0.25) is 0 Å². The molecule has 120 valence electrons. The minimum absolute atomic E-state index is 0.320. The van der Waals surface area contributed by atoms with Crippen LogP contribution in [0.1, 0.15) is 44.6 Å². The van der Waals surface area contributed by atoms with Crippen LogP contribution >= 0.6 is 23.2 Å². The van der Waals surface area contributed by atoms with Crippen molar-refractivity contribution in [3.05, 3.63) is 46.5 Å². The first-order valence-corrected chi connectivity index (χ1v) is 8.31. The Bertz CT molecular complexity index is 589. The summed E-state index contributed by atoms with van der Waals surface area (Å²) in [5.41, 5.74) is -0.395. The molecule has 0 aliphatic rings. The highest BCUT2D eigenvalue weighted by Crippen LogP contribution is 2.35. The standard InChI is InChI=1S/C16H21Cl2N3O/c1-2-3-4-5-8-16(22,10-21-12-19-11-20-21)14-7-6-13(17)9-15(14)18/h6-7,9,11-12,22H,2-5,8,10H2,1H3. The Balaban J connectivity index is 2.23. The lowest BCUT2D eigenvalue weighted by Crippen LogP contribution is -2.32. The van der Waals surface area contributed by atoms with E-state index in [2.05, 4.69) is 17.0 Å². The van der Waals surface area contributed by atoms with E-state index >= 15 is 0 Å². The van der Waals surface area contributed by atoms with Crippen LogP contribution in [0, 0.1) is 0 Å². The Hall–Kier alpha value is -1.10. The van der Waals surface area contributed by atoms with E-state index in [0.29, 0.717) is 28.6 Å². The van der Waals surface area contributed by atoms with Gasteiger partial charge >= 0.3 is 0 Å². The molecule has 2 rings (SSSR count). The van der Waals surface area contributed by atoms with Crippen molar-refractivity contribution in [3.63, 3.8) is 0 Å². The minimum atomic E-state index is -1.08. The maximum Gasteiger partial charge on any atom is 0.137 e. The molecule has 0 saturated heterocycles. The van der Waals surface area contributed by atoms with Crippen LogP contribution < -0.4 is 0 Å². The zero-order valence-electron chi connectivity index (χ0n) is 12.7. The smallest absolute Gasteiger partial charge is 0.137 e. The quantitative estimate of drug-likeness (QED) is 0.722. The van der Waals surface area contributed by atoms with Crippen molar-refractivity contribution >= 4 is 23.2 Å². The summed E-state index contributed by atoms with van der Waals surface area (Å²) < 4.78 is 1.63. The second-order valence-electron chi connectivity index (χ2n) is 5.56. The Kier molecular flexibility index (Phi) is 6.24. The van der Waals surface area contributed by atoms with Crippen molar-refractivity contribution in [2.24, 2.45) is 0 Å². The number of hydrogen-bond acceptors (Lipinski definition) is 3. The normalized spacial score (nSPS) is 14.0. The molecule has 0 spiro atoms. The van der Waals surface area contributed by atoms with E-state index in [9.17, 15) is 5.11 Å². The molecule has 4 nitrogen and oxygen atoms in total. The van der Waals surface area contributed by atoms with Gasteiger partial charge in [0.05, 0.1) is 6.54 Å². The van der Waals surface area contributed by atoms with E-state index in [1.807, 2.05) is 0 Å². The second-order valence-corrected chi connectivity index (χ2v) is 6.40. The Morgan fingerprint density at radius 2 is 2.05 bits per heavy atom. The number of rotatable bonds is 8. The van der Waals surface area contributed by atoms with Crippen molar-refractivity contribution in [1.82, 2.24) is 14.8 Å². The zero-order valence-corrected chi connectivity index (χ0v) is 14.2. The lowest BCUT2D eigenvalue weighted by Gasteiger charge is -2.29. The van der Waals surface area contributed by atoms with E-state index < -0.39 is 5.60 Å². The van der Waals surface area contributed by atoms with Gasteiger partial charge in [-0.05, 0) is 18.6 Å². The SMILES string of the molecule is CCCCCCC(O)(Cn1cncn1)c1ccc(Cl)cc1Cl. The van der Waals surface area contributed by atoms with Crippen LogP contribution in [0.4, 0.5) is 0 Å². The van der Waals surface area contributed by atoms with Crippen molar-refractivity contribution in [1.29, 1.82) is 0 Å². The summed E-state index contributed by atoms with van der Waals surface area (Å²) in [5.74, 6) is 0. The van der Waals surface area contributed by atoms with Gasteiger partial charge in [-0.1, -0.05) is 61.9 Å².